The quantitative estimate of drug-likeness (QED) is 0.734. The summed E-state index contributed by atoms with van der Waals surface area (Å²) in [5.41, 5.74) is 4.36. The van der Waals surface area contributed by atoms with Crippen LogP contribution in [0.1, 0.15) is 67.8 Å². The molecule has 2 atom stereocenters. The molecule has 0 aliphatic rings. The Hall–Kier alpha value is -1.65. The Labute approximate surface area is 152 Å². The van der Waals surface area contributed by atoms with E-state index in [0.717, 1.165) is 23.1 Å². The molecule has 25 heavy (non-hydrogen) atoms. The number of sulfonamides is 1. The van der Waals surface area contributed by atoms with E-state index in [1.54, 1.807) is 12.1 Å². The summed E-state index contributed by atoms with van der Waals surface area (Å²) in [5, 5.41) is 0. The van der Waals surface area contributed by atoms with Crippen LogP contribution < -0.4 is 4.72 Å². The maximum Gasteiger partial charge on any atom is 0.241 e. The molecular weight excluding hydrogens is 330 g/mol. The zero-order valence-electron chi connectivity index (χ0n) is 15.8. The van der Waals surface area contributed by atoms with Crippen LogP contribution >= 0.6 is 0 Å². The Bertz CT molecular complexity index is 810. The van der Waals surface area contributed by atoms with Crippen molar-refractivity contribution >= 4 is 10.0 Å². The standard InChI is InChI=1S/C21H29NO2S/c1-6-15(3)18-9-11-19(12-10-18)21(7-2)22-25(23,24)20-13-8-16(4)17(5)14-20/h8-15,21-22H,6-7H2,1-5H3. The Balaban J connectivity index is 2.24. The van der Waals surface area contributed by atoms with Gasteiger partial charge in [0.2, 0.25) is 10.0 Å². The average molecular weight is 360 g/mol. The van der Waals surface area contributed by atoms with E-state index in [0.29, 0.717) is 17.2 Å². The van der Waals surface area contributed by atoms with Gasteiger partial charge in [0.15, 0.2) is 0 Å². The molecule has 0 spiro atoms. The van der Waals surface area contributed by atoms with Crippen molar-refractivity contribution in [2.24, 2.45) is 0 Å². The highest BCUT2D eigenvalue weighted by Gasteiger charge is 2.20. The SMILES string of the molecule is CCC(C)c1ccc(C(CC)NS(=O)(=O)c2ccc(C)c(C)c2)cc1. The van der Waals surface area contributed by atoms with Crippen LogP contribution in [-0.4, -0.2) is 8.42 Å². The topological polar surface area (TPSA) is 46.2 Å². The van der Waals surface area contributed by atoms with Gasteiger partial charge in [-0.2, -0.15) is 0 Å². The van der Waals surface area contributed by atoms with Crippen LogP contribution in [0, 0.1) is 13.8 Å². The third kappa shape index (κ3) is 4.71. The van der Waals surface area contributed by atoms with Crippen LogP contribution in [0.3, 0.4) is 0 Å². The highest BCUT2D eigenvalue weighted by atomic mass is 32.2. The molecule has 136 valence electrons. The second kappa shape index (κ2) is 8.15. The van der Waals surface area contributed by atoms with Gasteiger partial charge >= 0.3 is 0 Å². The molecular formula is C21H29NO2S. The van der Waals surface area contributed by atoms with Crippen LogP contribution in [0.25, 0.3) is 0 Å². The molecule has 0 radical (unpaired) electrons. The van der Waals surface area contributed by atoms with E-state index in [-0.39, 0.29) is 6.04 Å². The monoisotopic (exact) mass is 359 g/mol. The van der Waals surface area contributed by atoms with Crippen LogP contribution in [0.5, 0.6) is 0 Å². The molecule has 3 nitrogen and oxygen atoms in total. The van der Waals surface area contributed by atoms with E-state index in [9.17, 15) is 8.42 Å². The molecule has 0 bridgehead atoms. The molecule has 0 aromatic heterocycles. The summed E-state index contributed by atoms with van der Waals surface area (Å²) in [5.74, 6) is 0.515. The van der Waals surface area contributed by atoms with Gasteiger partial charge in [0, 0.05) is 6.04 Å². The molecule has 2 unspecified atom stereocenters. The minimum Gasteiger partial charge on any atom is -0.207 e. The van der Waals surface area contributed by atoms with Gasteiger partial charge < -0.3 is 0 Å². The molecule has 0 aliphatic carbocycles. The lowest BCUT2D eigenvalue weighted by atomic mass is 9.96. The number of nitrogens with one attached hydrogen (secondary N) is 1. The van der Waals surface area contributed by atoms with E-state index in [2.05, 4.69) is 30.7 Å². The van der Waals surface area contributed by atoms with Crippen LogP contribution in [0.2, 0.25) is 0 Å². The molecule has 0 saturated carbocycles. The smallest absolute Gasteiger partial charge is 0.207 e. The molecule has 0 fully saturated rings. The van der Waals surface area contributed by atoms with Crippen molar-refractivity contribution in [2.45, 2.75) is 64.3 Å². The van der Waals surface area contributed by atoms with Gasteiger partial charge in [-0.05, 0) is 67.0 Å². The fraction of sp³-hybridized carbons (Fsp3) is 0.429. The fourth-order valence-corrected chi connectivity index (χ4v) is 4.21. The molecule has 2 aromatic rings. The van der Waals surface area contributed by atoms with Gasteiger partial charge in [0.05, 0.1) is 4.90 Å². The molecule has 1 N–H and O–H groups in total. The number of benzene rings is 2. The largest absolute Gasteiger partial charge is 0.241 e. The molecule has 0 saturated heterocycles. The van der Waals surface area contributed by atoms with Gasteiger partial charge in [-0.25, -0.2) is 13.1 Å². The highest BCUT2D eigenvalue weighted by molar-refractivity contribution is 7.89. The minimum atomic E-state index is -3.54. The molecule has 0 aliphatic heterocycles. The molecule has 0 heterocycles. The van der Waals surface area contributed by atoms with E-state index in [1.165, 1.54) is 5.56 Å². The Kier molecular flexibility index (Phi) is 6.42. The number of hydrogen-bond donors (Lipinski definition) is 1. The minimum absolute atomic E-state index is 0.224. The Morgan fingerprint density at radius 2 is 1.48 bits per heavy atom. The molecule has 2 aromatic carbocycles. The lowest BCUT2D eigenvalue weighted by Gasteiger charge is -2.19. The molecule has 2 rings (SSSR count). The van der Waals surface area contributed by atoms with Gasteiger partial charge in [-0.3, -0.25) is 0 Å². The summed E-state index contributed by atoms with van der Waals surface area (Å²) in [6.45, 7) is 10.3. The molecule has 4 heteroatoms. The van der Waals surface area contributed by atoms with Crippen molar-refractivity contribution < 1.29 is 8.42 Å². The fourth-order valence-electron chi connectivity index (χ4n) is 2.82. The van der Waals surface area contributed by atoms with Crippen molar-refractivity contribution in [3.8, 4) is 0 Å². The first-order valence-electron chi connectivity index (χ1n) is 8.98. The summed E-state index contributed by atoms with van der Waals surface area (Å²) in [6, 6.07) is 13.3. The van der Waals surface area contributed by atoms with Crippen molar-refractivity contribution in [1.29, 1.82) is 0 Å². The van der Waals surface area contributed by atoms with E-state index in [1.807, 2.05) is 39.0 Å². The lowest BCUT2D eigenvalue weighted by molar-refractivity contribution is 0.550. The van der Waals surface area contributed by atoms with Crippen molar-refractivity contribution in [2.75, 3.05) is 0 Å². The van der Waals surface area contributed by atoms with Crippen LogP contribution in [0.15, 0.2) is 47.4 Å². The third-order valence-electron chi connectivity index (χ3n) is 5.01. The summed E-state index contributed by atoms with van der Waals surface area (Å²) in [4.78, 5) is 0.324. The first-order chi connectivity index (χ1) is 11.8. The zero-order valence-corrected chi connectivity index (χ0v) is 16.7. The highest BCUT2D eigenvalue weighted by Crippen LogP contribution is 2.24. The summed E-state index contributed by atoms with van der Waals surface area (Å²) >= 11 is 0. The van der Waals surface area contributed by atoms with Crippen molar-refractivity contribution in [1.82, 2.24) is 4.72 Å². The maximum absolute atomic E-state index is 12.7. The second-order valence-electron chi connectivity index (χ2n) is 6.80. The normalized spacial score (nSPS) is 14.3. The second-order valence-corrected chi connectivity index (χ2v) is 8.52. The van der Waals surface area contributed by atoms with E-state index < -0.39 is 10.0 Å². The summed E-state index contributed by atoms with van der Waals surface area (Å²) in [7, 11) is -3.54. The first kappa shape index (κ1) is 19.7. The summed E-state index contributed by atoms with van der Waals surface area (Å²) < 4.78 is 28.4. The van der Waals surface area contributed by atoms with Gasteiger partial charge in [-0.15, -0.1) is 0 Å². The number of aryl methyl sites for hydroxylation is 2. The molecule has 0 amide bonds. The summed E-state index contributed by atoms with van der Waals surface area (Å²) in [6.07, 6.45) is 1.79. The van der Waals surface area contributed by atoms with E-state index in [4.69, 9.17) is 0 Å². The Morgan fingerprint density at radius 1 is 0.880 bits per heavy atom. The van der Waals surface area contributed by atoms with Gasteiger partial charge in [-0.1, -0.05) is 51.1 Å². The maximum atomic E-state index is 12.7. The van der Waals surface area contributed by atoms with Crippen LogP contribution in [-0.2, 0) is 10.0 Å². The van der Waals surface area contributed by atoms with E-state index >= 15 is 0 Å². The zero-order chi connectivity index (χ0) is 18.6. The number of hydrogen-bond acceptors (Lipinski definition) is 2. The van der Waals surface area contributed by atoms with Gasteiger partial charge in [0.1, 0.15) is 0 Å². The lowest BCUT2D eigenvalue weighted by Crippen LogP contribution is -2.28. The first-order valence-corrected chi connectivity index (χ1v) is 10.5. The van der Waals surface area contributed by atoms with Crippen LogP contribution in [0.4, 0.5) is 0 Å². The van der Waals surface area contributed by atoms with Crippen molar-refractivity contribution in [3.05, 3.63) is 64.7 Å². The average Bonchev–Trinajstić information content (AvgIpc) is 2.61. The predicted octanol–water partition coefficient (Wildman–Crippen LogP) is 5.25. The van der Waals surface area contributed by atoms with Gasteiger partial charge in [0.25, 0.3) is 0 Å². The predicted molar refractivity (Wildman–Crippen MR) is 104 cm³/mol. The number of rotatable bonds is 7. The van der Waals surface area contributed by atoms with Crippen molar-refractivity contribution in [3.63, 3.8) is 0 Å². The third-order valence-corrected chi connectivity index (χ3v) is 6.48. The Morgan fingerprint density at radius 3 is 2.00 bits per heavy atom.